The zero-order valence-electron chi connectivity index (χ0n) is 16.1. The molecule has 1 unspecified atom stereocenters. The molecule has 3 N–H and O–H groups in total. The Kier molecular flexibility index (Phi) is 8.99. The molecule has 0 fully saturated rings. The number of aliphatic hydroxyl groups excluding tert-OH is 1. The minimum atomic E-state index is -4.60. The van der Waals surface area contributed by atoms with Gasteiger partial charge in [0.25, 0.3) is 0 Å². The molecule has 0 aliphatic heterocycles. The highest BCUT2D eigenvalue weighted by Gasteiger charge is 2.34. The van der Waals surface area contributed by atoms with E-state index in [2.05, 4.69) is 4.52 Å². The molecule has 2 rings (SSSR count). The van der Waals surface area contributed by atoms with Crippen molar-refractivity contribution in [3.8, 4) is 5.75 Å². The quantitative estimate of drug-likeness (QED) is 0.392. The maximum Gasteiger partial charge on any atom is 0.419 e. The molecule has 30 heavy (non-hydrogen) atoms. The van der Waals surface area contributed by atoms with Gasteiger partial charge >= 0.3 is 14.9 Å². The van der Waals surface area contributed by atoms with Crippen LogP contribution in [0.3, 0.4) is 0 Å². The molecule has 0 spiro atoms. The van der Waals surface area contributed by atoms with Crippen molar-refractivity contribution in [3.05, 3.63) is 71.3 Å². The molecule has 2 aromatic carbocycles. The van der Waals surface area contributed by atoms with Gasteiger partial charge in [-0.1, -0.05) is 48.6 Å². The van der Waals surface area contributed by atoms with Crippen LogP contribution in [-0.4, -0.2) is 30.5 Å². The molecule has 0 radical (unpaired) electrons. The van der Waals surface area contributed by atoms with Gasteiger partial charge in [-0.3, -0.25) is 4.52 Å². The number of benzene rings is 2. The molecular formula is C21H23F3NO4P. The van der Waals surface area contributed by atoms with E-state index in [0.29, 0.717) is 12.8 Å². The van der Waals surface area contributed by atoms with Crippen LogP contribution in [0.5, 0.6) is 5.75 Å². The minimum absolute atomic E-state index is 0.148. The Bertz CT molecular complexity index is 846. The summed E-state index contributed by atoms with van der Waals surface area (Å²) in [6, 6.07) is 13.3. The van der Waals surface area contributed by atoms with Gasteiger partial charge in [0.2, 0.25) is 0 Å². The molecule has 0 amide bonds. The van der Waals surface area contributed by atoms with Crippen molar-refractivity contribution in [2.24, 2.45) is 5.73 Å². The number of alkyl halides is 3. The van der Waals surface area contributed by atoms with E-state index in [1.807, 2.05) is 30.3 Å². The summed E-state index contributed by atoms with van der Waals surface area (Å²) in [6.45, 7) is -0.650. The first kappa shape index (κ1) is 24.0. The highest BCUT2D eigenvalue weighted by atomic mass is 31.1. The van der Waals surface area contributed by atoms with Gasteiger partial charge in [-0.2, -0.15) is 13.2 Å². The van der Waals surface area contributed by atoms with Gasteiger partial charge in [-0.25, -0.2) is 4.57 Å². The van der Waals surface area contributed by atoms with Crippen LogP contribution in [0, 0.1) is 0 Å². The molecule has 0 bridgehead atoms. The molecule has 0 aliphatic rings. The van der Waals surface area contributed by atoms with Crippen LogP contribution >= 0.6 is 8.69 Å². The van der Waals surface area contributed by atoms with Crippen molar-refractivity contribution in [2.75, 3.05) is 19.8 Å². The van der Waals surface area contributed by atoms with Crippen LogP contribution in [-0.2, 0) is 21.7 Å². The van der Waals surface area contributed by atoms with Crippen LogP contribution in [0.15, 0.2) is 54.6 Å². The minimum Gasteiger partial charge on any atom is -0.493 e. The molecule has 162 valence electrons. The Morgan fingerprint density at radius 1 is 1.13 bits per heavy atom. The third kappa shape index (κ3) is 7.54. The maximum atomic E-state index is 13.5. The zero-order chi connectivity index (χ0) is 22.0. The standard InChI is InChI=1S/C21H23F3NO4P/c22-21(23,24)18-13-17(10-11-20(25,14-26)15-29-30-27)8-9-19(18)28-12-4-7-16-5-2-1-3-6-16/h1-3,5-6,8-11,13,26H,4,7,12,14-15,25H2. The fraction of sp³-hybridized carbons (Fsp3) is 0.333. The molecular weight excluding hydrogens is 418 g/mol. The number of aryl methyl sites for hydroxylation is 1. The summed E-state index contributed by atoms with van der Waals surface area (Å²) in [5.41, 5.74) is 4.91. The van der Waals surface area contributed by atoms with E-state index in [4.69, 9.17) is 10.5 Å². The smallest absolute Gasteiger partial charge is 0.419 e. The van der Waals surface area contributed by atoms with Gasteiger partial charge in [0.1, 0.15) is 5.75 Å². The molecule has 0 saturated carbocycles. The van der Waals surface area contributed by atoms with Gasteiger partial charge in [0, 0.05) is 0 Å². The average molecular weight is 441 g/mol. The van der Waals surface area contributed by atoms with E-state index in [9.17, 15) is 22.8 Å². The largest absolute Gasteiger partial charge is 0.493 e. The van der Waals surface area contributed by atoms with Crippen molar-refractivity contribution in [1.82, 2.24) is 0 Å². The monoisotopic (exact) mass is 441 g/mol. The van der Waals surface area contributed by atoms with Gasteiger partial charge in [-0.15, -0.1) is 0 Å². The second-order valence-electron chi connectivity index (χ2n) is 6.76. The van der Waals surface area contributed by atoms with E-state index in [-0.39, 0.29) is 24.5 Å². The molecule has 0 aromatic heterocycles. The number of nitrogens with two attached hydrogens (primary N) is 1. The second kappa shape index (κ2) is 11.2. The fourth-order valence-corrected chi connectivity index (χ4v) is 2.95. The lowest BCUT2D eigenvalue weighted by molar-refractivity contribution is -0.139. The molecule has 1 atom stereocenters. The average Bonchev–Trinajstić information content (AvgIpc) is 2.74. The van der Waals surface area contributed by atoms with Crippen LogP contribution in [0.1, 0.15) is 23.1 Å². The summed E-state index contributed by atoms with van der Waals surface area (Å²) in [4.78, 5) is 0. The van der Waals surface area contributed by atoms with Gasteiger partial charge in [0.15, 0.2) is 0 Å². The van der Waals surface area contributed by atoms with E-state index in [0.717, 1.165) is 11.6 Å². The van der Waals surface area contributed by atoms with Crippen LogP contribution in [0.4, 0.5) is 13.2 Å². The third-order valence-electron chi connectivity index (χ3n) is 4.31. The third-order valence-corrected chi connectivity index (χ3v) is 4.54. The topological polar surface area (TPSA) is 81.8 Å². The SMILES string of the molecule is NC(C=Cc1ccc(OCCCc2ccccc2)c(C(F)(F)F)c1)(CO)COP=O. The Hall–Kier alpha value is -2.25. The number of ether oxygens (including phenoxy) is 1. The molecule has 5 nitrogen and oxygen atoms in total. The lowest BCUT2D eigenvalue weighted by Crippen LogP contribution is -2.45. The summed E-state index contributed by atoms with van der Waals surface area (Å²) in [6.07, 6.45) is -0.661. The lowest BCUT2D eigenvalue weighted by atomic mass is 10.0. The summed E-state index contributed by atoms with van der Waals surface area (Å²) in [5.74, 6) is -0.248. The molecule has 0 aliphatic carbocycles. The predicted octanol–water partition coefficient (Wildman–Crippen LogP) is 4.64. The Labute approximate surface area is 174 Å². The lowest BCUT2D eigenvalue weighted by Gasteiger charge is -2.21. The number of aliphatic hydroxyl groups is 1. The first-order valence-electron chi connectivity index (χ1n) is 9.19. The number of hydrogen-bond acceptors (Lipinski definition) is 5. The van der Waals surface area contributed by atoms with Crippen LogP contribution in [0.25, 0.3) is 6.08 Å². The van der Waals surface area contributed by atoms with E-state index < -0.39 is 32.6 Å². The summed E-state index contributed by atoms with van der Waals surface area (Å²) >= 11 is 0. The highest BCUT2D eigenvalue weighted by Crippen LogP contribution is 2.37. The highest BCUT2D eigenvalue weighted by molar-refractivity contribution is 7.17. The van der Waals surface area contributed by atoms with Gasteiger partial charge < -0.3 is 15.6 Å². The zero-order valence-corrected chi connectivity index (χ0v) is 17.0. The summed E-state index contributed by atoms with van der Waals surface area (Å²) < 4.78 is 60.9. The predicted molar refractivity (Wildman–Crippen MR) is 108 cm³/mol. The number of rotatable bonds is 11. The van der Waals surface area contributed by atoms with E-state index >= 15 is 0 Å². The molecule has 2 aromatic rings. The fourth-order valence-electron chi connectivity index (χ4n) is 2.66. The van der Waals surface area contributed by atoms with Crippen molar-refractivity contribution >= 4 is 14.8 Å². The van der Waals surface area contributed by atoms with Crippen molar-refractivity contribution in [2.45, 2.75) is 24.6 Å². The van der Waals surface area contributed by atoms with Gasteiger partial charge in [0.05, 0.1) is 30.9 Å². The Morgan fingerprint density at radius 2 is 1.87 bits per heavy atom. The summed E-state index contributed by atoms with van der Waals surface area (Å²) in [5, 5.41) is 9.36. The van der Waals surface area contributed by atoms with Crippen molar-refractivity contribution in [1.29, 1.82) is 0 Å². The Balaban J connectivity index is 2.09. The summed E-state index contributed by atoms with van der Waals surface area (Å²) in [7, 11) is -0.608. The Morgan fingerprint density at radius 3 is 2.50 bits per heavy atom. The molecule has 0 heterocycles. The van der Waals surface area contributed by atoms with Crippen LogP contribution < -0.4 is 10.5 Å². The van der Waals surface area contributed by atoms with E-state index in [1.165, 1.54) is 24.3 Å². The number of halogens is 3. The van der Waals surface area contributed by atoms with E-state index in [1.54, 1.807) is 0 Å². The first-order valence-corrected chi connectivity index (χ1v) is 9.92. The van der Waals surface area contributed by atoms with Crippen molar-refractivity contribution in [3.63, 3.8) is 0 Å². The molecule has 0 saturated heterocycles. The number of hydrogen-bond donors (Lipinski definition) is 2. The molecule has 9 heteroatoms. The maximum absolute atomic E-state index is 13.5. The second-order valence-corrected chi connectivity index (χ2v) is 7.17. The first-order chi connectivity index (χ1) is 14.3. The van der Waals surface area contributed by atoms with Crippen LogP contribution in [0.2, 0.25) is 0 Å². The normalized spacial score (nSPS) is 14.2. The van der Waals surface area contributed by atoms with Crippen molar-refractivity contribution < 1.29 is 32.1 Å². The van der Waals surface area contributed by atoms with Gasteiger partial charge in [-0.05, 0) is 36.1 Å².